The molecule has 0 fully saturated rings. The van der Waals surface area contributed by atoms with Crippen molar-refractivity contribution in [2.75, 3.05) is 5.43 Å². The average Bonchev–Trinajstić information content (AvgIpc) is 2.52. The highest BCUT2D eigenvalue weighted by Crippen LogP contribution is 2.30. The van der Waals surface area contributed by atoms with Crippen LogP contribution < -0.4 is 5.43 Å². The molecule has 1 aliphatic carbocycles. The van der Waals surface area contributed by atoms with E-state index in [-0.39, 0.29) is 17.1 Å². The third kappa shape index (κ3) is 3.95. The Labute approximate surface area is 139 Å². The SMILES string of the molecule is CC1CC=C(C(C)C)C(=NNc2ccc([N+](=O)[O-])cc2[N+](=O)[O-])C1. The Bertz CT molecular complexity index is 725. The summed E-state index contributed by atoms with van der Waals surface area (Å²) in [7, 11) is 0. The van der Waals surface area contributed by atoms with Crippen LogP contribution in [0.25, 0.3) is 0 Å². The molecule has 2 rings (SSSR count). The molecule has 1 unspecified atom stereocenters. The minimum Gasteiger partial charge on any atom is -0.271 e. The van der Waals surface area contributed by atoms with Crippen LogP contribution in [0.4, 0.5) is 17.1 Å². The summed E-state index contributed by atoms with van der Waals surface area (Å²) in [6.45, 7) is 6.27. The maximum Gasteiger partial charge on any atom is 0.301 e. The average molecular weight is 332 g/mol. The highest BCUT2D eigenvalue weighted by atomic mass is 16.6. The van der Waals surface area contributed by atoms with Gasteiger partial charge in [-0.05, 0) is 36.3 Å². The number of rotatable bonds is 5. The second-order valence-electron chi connectivity index (χ2n) is 6.25. The van der Waals surface area contributed by atoms with Gasteiger partial charge in [-0.2, -0.15) is 5.10 Å². The number of nitro benzene ring substituents is 2. The highest BCUT2D eigenvalue weighted by Gasteiger charge is 2.22. The molecule has 128 valence electrons. The van der Waals surface area contributed by atoms with E-state index in [4.69, 9.17) is 0 Å². The lowest BCUT2D eigenvalue weighted by molar-refractivity contribution is -0.393. The predicted octanol–water partition coefficient (Wildman–Crippen LogP) is 4.28. The van der Waals surface area contributed by atoms with Gasteiger partial charge in [-0.3, -0.25) is 25.7 Å². The van der Waals surface area contributed by atoms with Crippen molar-refractivity contribution >= 4 is 22.8 Å². The smallest absolute Gasteiger partial charge is 0.271 e. The van der Waals surface area contributed by atoms with Crippen LogP contribution in [-0.4, -0.2) is 15.6 Å². The van der Waals surface area contributed by atoms with Crippen molar-refractivity contribution in [3.63, 3.8) is 0 Å². The zero-order chi connectivity index (χ0) is 17.9. The number of nitrogens with one attached hydrogen (secondary N) is 1. The number of hydrogen-bond acceptors (Lipinski definition) is 6. The molecule has 8 nitrogen and oxygen atoms in total. The molecule has 0 saturated carbocycles. The van der Waals surface area contributed by atoms with Crippen molar-refractivity contribution in [3.05, 3.63) is 50.1 Å². The fourth-order valence-corrected chi connectivity index (χ4v) is 2.66. The van der Waals surface area contributed by atoms with Crippen LogP contribution in [0.15, 0.2) is 34.9 Å². The lowest BCUT2D eigenvalue weighted by atomic mass is 9.84. The van der Waals surface area contributed by atoms with Gasteiger partial charge in [-0.25, -0.2) is 0 Å². The van der Waals surface area contributed by atoms with E-state index in [0.717, 1.165) is 30.2 Å². The van der Waals surface area contributed by atoms with Crippen LogP contribution in [0.3, 0.4) is 0 Å². The fourth-order valence-electron chi connectivity index (χ4n) is 2.66. The van der Waals surface area contributed by atoms with Crippen molar-refractivity contribution in [1.82, 2.24) is 0 Å². The molecule has 0 radical (unpaired) electrons. The molecular weight excluding hydrogens is 312 g/mol. The minimum atomic E-state index is -0.662. The molecule has 0 spiro atoms. The second-order valence-corrected chi connectivity index (χ2v) is 6.25. The molecule has 1 N–H and O–H groups in total. The Hall–Kier alpha value is -2.77. The van der Waals surface area contributed by atoms with Crippen molar-refractivity contribution < 1.29 is 9.85 Å². The number of hydrogen-bond donors (Lipinski definition) is 1. The first-order chi connectivity index (χ1) is 11.3. The third-order valence-corrected chi connectivity index (χ3v) is 3.94. The molecule has 0 aromatic heterocycles. The zero-order valence-electron chi connectivity index (χ0n) is 13.9. The lowest BCUT2D eigenvalue weighted by Crippen LogP contribution is -2.18. The van der Waals surface area contributed by atoms with Crippen molar-refractivity contribution in [3.8, 4) is 0 Å². The van der Waals surface area contributed by atoms with Gasteiger partial charge < -0.3 is 0 Å². The quantitative estimate of drug-likeness (QED) is 0.639. The summed E-state index contributed by atoms with van der Waals surface area (Å²) in [5.74, 6) is 0.768. The summed E-state index contributed by atoms with van der Waals surface area (Å²) >= 11 is 0. The van der Waals surface area contributed by atoms with Gasteiger partial charge >= 0.3 is 5.69 Å². The van der Waals surface area contributed by atoms with E-state index in [1.54, 1.807) is 0 Å². The summed E-state index contributed by atoms with van der Waals surface area (Å²) < 4.78 is 0. The first-order valence-corrected chi connectivity index (χ1v) is 7.75. The lowest BCUT2D eigenvalue weighted by Gasteiger charge is -2.23. The summed E-state index contributed by atoms with van der Waals surface area (Å²) in [5.41, 5.74) is 4.17. The summed E-state index contributed by atoms with van der Waals surface area (Å²) in [6, 6.07) is 3.47. The number of anilines is 1. The second kappa shape index (κ2) is 7.20. The molecule has 1 aromatic rings. The third-order valence-electron chi connectivity index (χ3n) is 3.94. The molecule has 0 saturated heterocycles. The summed E-state index contributed by atoms with van der Waals surface area (Å²) in [4.78, 5) is 20.6. The van der Waals surface area contributed by atoms with Crippen LogP contribution in [0.5, 0.6) is 0 Å². The topological polar surface area (TPSA) is 111 Å². The molecule has 8 heteroatoms. The molecule has 0 aliphatic heterocycles. The number of benzene rings is 1. The van der Waals surface area contributed by atoms with E-state index in [2.05, 4.69) is 37.4 Å². The number of nitro groups is 2. The largest absolute Gasteiger partial charge is 0.301 e. The van der Waals surface area contributed by atoms with Crippen LogP contribution in [0.1, 0.15) is 33.6 Å². The van der Waals surface area contributed by atoms with Crippen LogP contribution in [0.2, 0.25) is 0 Å². The Balaban J connectivity index is 2.33. The molecule has 0 amide bonds. The summed E-state index contributed by atoms with van der Waals surface area (Å²) in [5, 5.41) is 26.3. The van der Waals surface area contributed by atoms with E-state index in [1.807, 2.05) is 0 Å². The van der Waals surface area contributed by atoms with Gasteiger partial charge in [-0.1, -0.05) is 26.8 Å². The monoisotopic (exact) mass is 332 g/mol. The van der Waals surface area contributed by atoms with Gasteiger partial charge in [0.05, 0.1) is 21.6 Å². The van der Waals surface area contributed by atoms with Gasteiger partial charge in [0.2, 0.25) is 0 Å². The summed E-state index contributed by atoms with van der Waals surface area (Å²) in [6.07, 6.45) is 3.94. The minimum absolute atomic E-state index is 0.138. The number of non-ortho nitro benzene ring substituents is 1. The van der Waals surface area contributed by atoms with E-state index < -0.39 is 9.85 Å². The van der Waals surface area contributed by atoms with Crippen LogP contribution in [-0.2, 0) is 0 Å². The van der Waals surface area contributed by atoms with E-state index in [0.29, 0.717) is 11.8 Å². The normalized spacial score (nSPS) is 19.2. The molecule has 1 atom stereocenters. The van der Waals surface area contributed by atoms with Crippen LogP contribution in [0, 0.1) is 32.1 Å². The molecule has 1 aromatic carbocycles. The maximum atomic E-state index is 11.2. The van der Waals surface area contributed by atoms with E-state index in [1.165, 1.54) is 12.1 Å². The fraction of sp³-hybridized carbons (Fsp3) is 0.438. The predicted molar refractivity (Wildman–Crippen MR) is 92.1 cm³/mol. The maximum absolute atomic E-state index is 11.2. The molecule has 24 heavy (non-hydrogen) atoms. The number of allylic oxidation sites excluding steroid dienone is 2. The Kier molecular flexibility index (Phi) is 5.28. The van der Waals surface area contributed by atoms with Gasteiger partial charge in [0.15, 0.2) is 0 Å². The zero-order valence-corrected chi connectivity index (χ0v) is 13.9. The Morgan fingerprint density at radius 1 is 1.25 bits per heavy atom. The molecule has 0 bridgehead atoms. The molecule has 0 heterocycles. The van der Waals surface area contributed by atoms with Gasteiger partial charge in [0.25, 0.3) is 5.69 Å². The molecular formula is C16H20N4O4. The molecule has 1 aliphatic rings. The van der Waals surface area contributed by atoms with Crippen molar-refractivity contribution in [2.45, 2.75) is 33.6 Å². The van der Waals surface area contributed by atoms with Crippen molar-refractivity contribution in [2.24, 2.45) is 16.9 Å². The Morgan fingerprint density at radius 2 is 1.96 bits per heavy atom. The van der Waals surface area contributed by atoms with Gasteiger partial charge in [-0.15, -0.1) is 0 Å². The van der Waals surface area contributed by atoms with E-state index >= 15 is 0 Å². The first-order valence-electron chi connectivity index (χ1n) is 7.75. The standard InChI is InChI=1S/C16H20N4O4/c1-10(2)13-6-4-11(3)8-15(13)18-17-14-7-5-12(19(21)22)9-16(14)20(23)24/h5-7,9-11,17H,4,8H2,1-3H3. The van der Waals surface area contributed by atoms with Crippen LogP contribution >= 0.6 is 0 Å². The van der Waals surface area contributed by atoms with E-state index in [9.17, 15) is 20.2 Å². The number of nitrogens with zero attached hydrogens (tertiary/aromatic N) is 3. The first kappa shape index (κ1) is 17.6. The van der Waals surface area contributed by atoms with Gasteiger partial charge in [0, 0.05) is 6.07 Å². The van der Waals surface area contributed by atoms with Gasteiger partial charge in [0.1, 0.15) is 5.69 Å². The van der Waals surface area contributed by atoms with Crippen molar-refractivity contribution in [1.29, 1.82) is 0 Å². The Morgan fingerprint density at radius 3 is 2.54 bits per heavy atom. The number of hydrazone groups is 1. The highest BCUT2D eigenvalue weighted by molar-refractivity contribution is 6.01.